The molecule has 0 aliphatic carbocycles. The van der Waals surface area contributed by atoms with E-state index in [4.69, 9.17) is 9.47 Å². The number of ether oxygens (including phenoxy) is 2. The van der Waals surface area contributed by atoms with Crippen LogP contribution in [0.2, 0.25) is 0 Å². The molecule has 1 atom stereocenters. The van der Waals surface area contributed by atoms with Gasteiger partial charge in [0.1, 0.15) is 6.10 Å². The Bertz CT molecular complexity index is 336. The zero-order valence-corrected chi connectivity index (χ0v) is 9.90. The lowest BCUT2D eigenvalue weighted by atomic mass is 10.1. The average molecular weight is 221 g/mol. The number of likely N-dealkylation sites (N-methyl/N-ethyl adjacent to an activating group) is 1. The Labute approximate surface area is 96.8 Å². The lowest BCUT2D eigenvalue weighted by molar-refractivity contribution is -0.133. The molecule has 1 heterocycles. The van der Waals surface area contributed by atoms with Crippen LogP contribution in [0.25, 0.3) is 0 Å². The Hall–Kier alpha value is -0.900. The van der Waals surface area contributed by atoms with Gasteiger partial charge in [-0.25, -0.2) is 0 Å². The van der Waals surface area contributed by atoms with E-state index < -0.39 is 0 Å². The van der Waals surface area contributed by atoms with Crippen LogP contribution >= 0.6 is 0 Å². The number of hydrogen-bond acceptors (Lipinski definition) is 3. The summed E-state index contributed by atoms with van der Waals surface area (Å²) in [5.74, 6) is 0. The van der Waals surface area contributed by atoms with Crippen molar-refractivity contribution < 1.29 is 9.47 Å². The quantitative estimate of drug-likeness (QED) is 0.820. The second kappa shape index (κ2) is 5.43. The first-order chi connectivity index (χ1) is 7.79. The normalized spacial score (nSPS) is 18.1. The highest BCUT2D eigenvalue weighted by atomic mass is 16.6. The predicted octanol–water partition coefficient (Wildman–Crippen LogP) is 1.67. The van der Waals surface area contributed by atoms with Crippen LogP contribution in [-0.2, 0) is 9.47 Å². The van der Waals surface area contributed by atoms with Gasteiger partial charge in [0.25, 0.3) is 0 Å². The van der Waals surface area contributed by atoms with Crippen LogP contribution in [0.1, 0.15) is 17.2 Å². The van der Waals surface area contributed by atoms with Crippen LogP contribution in [0.3, 0.4) is 0 Å². The Morgan fingerprint density at radius 2 is 2.31 bits per heavy atom. The number of nitrogens with one attached hydrogen (secondary N) is 1. The van der Waals surface area contributed by atoms with Gasteiger partial charge in [-0.2, -0.15) is 0 Å². The van der Waals surface area contributed by atoms with Crippen molar-refractivity contribution in [1.82, 2.24) is 5.32 Å². The molecule has 0 amide bonds. The van der Waals surface area contributed by atoms with E-state index in [9.17, 15) is 0 Å². The van der Waals surface area contributed by atoms with Crippen LogP contribution in [0.4, 0.5) is 0 Å². The molecule has 1 unspecified atom stereocenters. The van der Waals surface area contributed by atoms with Crippen molar-refractivity contribution in [2.75, 3.05) is 26.9 Å². The van der Waals surface area contributed by atoms with Gasteiger partial charge in [-0.15, -0.1) is 0 Å². The van der Waals surface area contributed by atoms with Crippen molar-refractivity contribution in [1.29, 1.82) is 0 Å². The predicted molar refractivity (Wildman–Crippen MR) is 63.5 cm³/mol. The zero-order valence-electron chi connectivity index (χ0n) is 9.90. The first-order valence-corrected chi connectivity index (χ1v) is 5.73. The van der Waals surface area contributed by atoms with Crippen molar-refractivity contribution >= 4 is 0 Å². The van der Waals surface area contributed by atoms with Gasteiger partial charge in [-0.3, -0.25) is 0 Å². The average Bonchev–Trinajstić information content (AvgIpc) is 2.22. The smallest absolute Gasteiger partial charge is 0.104 e. The Morgan fingerprint density at radius 3 is 2.88 bits per heavy atom. The highest BCUT2D eigenvalue weighted by molar-refractivity contribution is 5.25. The van der Waals surface area contributed by atoms with Crippen molar-refractivity contribution in [2.24, 2.45) is 0 Å². The summed E-state index contributed by atoms with van der Waals surface area (Å²) < 4.78 is 10.8. The first-order valence-electron chi connectivity index (χ1n) is 5.73. The molecule has 0 saturated carbocycles. The minimum Gasteiger partial charge on any atom is -0.376 e. The van der Waals surface area contributed by atoms with Gasteiger partial charge >= 0.3 is 0 Å². The molecule has 1 fully saturated rings. The molecular weight excluding hydrogens is 202 g/mol. The molecule has 1 aliphatic heterocycles. The summed E-state index contributed by atoms with van der Waals surface area (Å²) in [6.07, 6.45) is 0.292. The number of benzene rings is 1. The number of rotatable bonds is 5. The SMILES string of the molecule is CNC(COC1COC1)c1cccc(C)c1. The van der Waals surface area contributed by atoms with E-state index >= 15 is 0 Å². The van der Waals surface area contributed by atoms with E-state index in [0.717, 1.165) is 13.2 Å². The number of aryl methyl sites for hydroxylation is 1. The third-order valence-corrected chi connectivity index (χ3v) is 2.90. The van der Waals surface area contributed by atoms with Gasteiger partial charge in [0.15, 0.2) is 0 Å². The van der Waals surface area contributed by atoms with E-state index in [-0.39, 0.29) is 6.04 Å². The summed E-state index contributed by atoms with van der Waals surface area (Å²) in [5, 5.41) is 3.28. The zero-order chi connectivity index (χ0) is 11.4. The maximum absolute atomic E-state index is 5.74. The lowest BCUT2D eigenvalue weighted by Crippen LogP contribution is -2.38. The Balaban J connectivity index is 1.92. The maximum atomic E-state index is 5.74. The fraction of sp³-hybridized carbons (Fsp3) is 0.538. The first kappa shape index (κ1) is 11.6. The topological polar surface area (TPSA) is 30.5 Å². The minimum absolute atomic E-state index is 0.264. The molecular formula is C13H19NO2. The summed E-state index contributed by atoms with van der Waals surface area (Å²) in [6, 6.07) is 8.79. The van der Waals surface area contributed by atoms with E-state index in [0.29, 0.717) is 12.7 Å². The van der Waals surface area contributed by atoms with Crippen molar-refractivity contribution in [3.63, 3.8) is 0 Å². The van der Waals surface area contributed by atoms with Crippen molar-refractivity contribution in [2.45, 2.75) is 19.1 Å². The van der Waals surface area contributed by atoms with Gasteiger partial charge in [-0.1, -0.05) is 29.8 Å². The van der Waals surface area contributed by atoms with Gasteiger partial charge in [0.05, 0.1) is 25.9 Å². The molecule has 0 aromatic heterocycles. The van der Waals surface area contributed by atoms with E-state index in [1.807, 2.05) is 7.05 Å². The Morgan fingerprint density at radius 1 is 1.50 bits per heavy atom. The van der Waals surface area contributed by atoms with Crippen LogP contribution in [-0.4, -0.2) is 33.0 Å². The second-order valence-electron chi connectivity index (χ2n) is 4.25. The summed E-state index contributed by atoms with van der Waals surface area (Å²) in [6.45, 7) is 4.29. The molecule has 1 aromatic rings. The fourth-order valence-corrected chi connectivity index (χ4v) is 1.78. The third-order valence-electron chi connectivity index (χ3n) is 2.90. The highest BCUT2D eigenvalue weighted by Crippen LogP contribution is 2.16. The molecule has 3 heteroatoms. The van der Waals surface area contributed by atoms with Gasteiger partial charge in [0.2, 0.25) is 0 Å². The van der Waals surface area contributed by atoms with Crippen LogP contribution in [0, 0.1) is 6.92 Å². The Kier molecular flexibility index (Phi) is 3.93. The standard InChI is InChI=1S/C13H19NO2/c1-10-4-3-5-11(6-10)13(14-2)9-16-12-7-15-8-12/h3-6,12-14H,7-9H2,1-2H3. The fourth-order valence-electron chi connectivity index (χ4n) is 1.78. The van der Waals surface area contributed by atoms with Gasteiger partial charge in [-0.05, 0) is 19.5 Å². The van der Waals surface area contributed by atoms with Crippen LogP contribution in [0.5, 0.6) is 0 Å². The monoisotopic (exact) mass is 221 g/mol. The highest BCUT2D eigenvalue weighted by Gasteiger charge is 2.20. The largest absolute Gasteiger partial charge is 0.376 e. The van der Waals surface area contributed by atoms with E-state index in [1.165, 1.54) is 11.1 Å². The summed E-state index contributed by atoms with van der Waals surface area (Å²) in [4.78, 5) is 0. The molecule has 1 saturated heterocycles. The van der Waals surface area contributed by atoms with E-state index in [1.54, 1.807) is 0 Å². The van der Waals surface area contributed by atoms with E-state index in [2.05, 4.69) is 36.5 Å². The van der Waals surface area contributed by atoms with Crippen molar-refractivity contribution in [3.05, 3.63) is 35.4 Å². The molecule has 88 valence electrons. The van der Waals surface area contributed by atoms with Crippen LogP contribution < -0.4 is 5.32 Å². The molecule has 0 bridgehead atoms. The second-order valence-corrected chi connectivity index (χ2v) is 4.25. The summed E-state index contributed by atoms with van der Waals surface area (Å²) >= 11 is 0. The third kappa shape index (κ3) is 2.82. The molecule has 1 aliphatic rings. The van der Waals surface area contributed by atoms with Crippen molar-refractivity contribution in [3.8, 4) is 0 Å². The number of hydrogen-bond donors (Lipinski definition) is 1. The molecule has 1 aromatic carbocycles. The molecule has 1 N–H and O–H groups in total. The summed E-state index contributed by atoms with van der Waals surface area (Å²) in [5.41, 5.74) is 2.56. The molecule has 0 spiro atoms. The van der Waals surface area contributed by atoms with Gasteiger partial charge < -0.3 is 14.8 Å². The van der Waals surface area contributed by atoms with Gasteiger partial charge in [0, 0.05) is 0 Å². The lowest BCUT2D eigenvalue weighted by Gasteiger charge is -2.28. The maximum Gasteiger partial charge on any atom is 0.104 e. The molecule has 2 rings (SSSR count). The van der Waals surface area contributed by atoms with Crippen LogP contribution in [0.15, 0.2) is 24.3 Å². The molecule has 3 nitrogen and oxygen atoms in total. The molecule has 0 radical (unpaired) electrons. The molecule has 16 heavy (non-hydrogen) atoms. The summed E-state index contributed by atoms with van der Waals surface area (Å²) in [7, 11) is 1.97. The minimum atomic E-state index is 0.264.